The van der Waals surface area contributed by atoms with Crippen molar-refractivity contribution in [2.45, 2.75) is 6.10 Å². The van der Waals surface area contributed by atoms with Gasteiger partial charge in [0.1, 0.15) is 18.2 Å². The van der Waals surface area contributed by atoms with Gasteiger partial charge in [0.05, 0.1) is 19.4 Å². The Kier molecular flexibility index (Phi) is 2.07. The molecule has 1 aromatic heterocycles. The predicted molar refractivity (Wildman–Crippen MR) is 54.4 cm³/mol. The topological polar surface area (TPSA) is 65.4 Å². The number of ether oxygens (including phenoxy) is 2. The van der Waals surface area contributed by atoms with Crippen molar-refractivity contribution in [2.75, 3.05) is 13.7 Å². The van der Waals surface area contributed by atoms with E-state index in [0.717, 1.165) is 23.6 Å². The maximum atomic E-state index is 5.32. The van der Waals surface area contributed by atoms with E-state index in [1.165, 1.54) is 0 Å². The molecule has 0 bridgehead atoms. The second-order valence-electron chi connectivity index (χ2n) is 3.50. The summed E-state index contributed by atoms with van der Waals surface area (Å²) in [5.41, 5.74) is 1.94. The van der Waals surface area contributed by atoms with Crippen molar-refractivity contribution in [3.63, 3.8) is 0 Å². The van der Waals surface area contributed by atoms with E-state index < -0.39 is 0 Å². The molecular formula is C10H10N4O2. The van der Waals surface area contributed by atoms with Gasteiger partial charge in [0.2, 0.25) is 0 Å². The third-order valence-electron chi connectivity index (χ3n) is 2.51. The number of nitrogens with zero attached hydrogens (tertiary/aromatic N) is 4. The third kappa shape index (κ3) is 1.53. The van der Waals surface area contributed by atoms with Gasteiger partial charge < -0.3 is 9.47 Å². The van der Waals surface area contributed by atoms with Crippen LogP contribution in [0.1, 0.15) is 11.7 Å². The molecule has 1 fully saturated rings. The molecule has 1 aliphatic heterocycles. The van der Waals surface area contributed by atoms with E-state index >= 15 is 0 Å². The maximum absolute atomic E-state index is 5.32. The molecule has 0 spiro atoms. The van der Waals surface area contributed by atoms with Crippen molar-refractivity contribution in [3.8, 4) is 11.4 Å². The van der Waals surface area contributed by atoms with E-state index in [0.29, 0.717) is 0 Å². The summed E-state index contributed by atoms with van der Waals surface area (Å²) in [6.45, 7) is 0.764. The molecule has 0 aliphatic carbocycles. The smallest absolute Gasteiger partial charge is 0.143 e. The second-order valence-corrected chi connectivity index (χ2v) is 3.50. The first kappa shape index (κ1) is 9.29. The third-order valence-corrected chi connectivity index (χ3v) is 2.51. The van der Waals surface area contributed by atoms with Gasteiger partial charge in [-0.15, -0.1) is 5.10 Å². The fourth-order valence-electron chi connectivity index (χ4n) is 1.62. The summed E-state index contributed by atoms with van der Waals surface area (Å²) in [5, 5.41) is 11.0. The van der Waals surface area contributed by atoms with Crippen molar-refractivity contribution in [1.29, 1.82) is 0 Å². The molecule has 1 aliphatic rings. The van der Waals surface area contributed by atoms with Crippen LogP contribution in [-0.4, -0.2) is 33.9 Å². The van der Waals surface area contributed by atoms with Crippen LogP contribution in [0.25, 0.3) is 5.69 Å². The molecular weight excluding hydrogens is 208 g/mol. The number of tetrazole rings is 1. The monoisotopic (exact) mass is 218 g/mol. The number of hydrogen-bond donors (Lipinski definition) is 0. The number of benzene rings is 1. The van der Waals surface area contributed by atoms with E-state index in [-0.39, 0.29) is 6.10 Å². The summed E-state index contributed by atoms with van der Waals surface area (Å²) in [4.78, 5) is 0. The molecule has 16 heavy (non-hydrogen) atoms. The number of rotatable bonds is 3. The average molecular weight is 218 g/mol. The molecule has 6 nitrogen and oxygen atoms in total. The van der Waals surface area contributed by atoms with E-state index in [1.807, 2.05) is 18.2 Å². The van der Waals surface area contributed by atoms with Crippen LogP contribution >= 0.6 is 0 Å². The number of hydrogen-bond acceptors (Lipinski definition) is 5. The zero-order valence-corrected chi connectivity index (χ0v) is 8.70. The van der Waals surface area contributed by atoms with Crippen LogP contribution in [0, 0.1) is 0 Å². The Hall–Kier alpha value is -1.95. The summed E-state index contributed by atoms with van der Waals surface area (Å²) in [6, 6.07) is 5.82. The Morgan fingerprint density at radius 3 is 3.00 bits per heavy atom. The van der Waals surface area contributed by atoms with Crippen LogP contribution in [0.3, 0.4) is 0 Å². The van der Waals surface area contributed by atoms with Gasteiger partial charge in [-0.1, -0.05) is 6.07 Å². The molecule has 6 heteroatoms. The molecule has 3 rings (SSSR count). The van der Waals surface area contributed by atoms with Gasteiger partial charge in [-0.05, 0) is 16.5 Å². The maximum Gasteiger partial charge on any atom is 0.143 e. The quantitative estimate of drug-likeness (QED) is 0.711. The molecule has 0 saturated carbocycles. The highest BCUT2D eigenvalue weighted by Crippen LogP contribution is 2.36. The first-order chi connectivity index (χ1) is 7.88. The highest BCUT2D eigenvalue weighted by Gasteiger charge is 2.28. The lowest BCUT2D eigenvalue weighted by Gasteiger charge is -2.08. The first-order valence-electron chi connectivity index (χ1n) is 4.91. The zero-order chi connectivity index (χ0) is 11.0. The predicted octanol–water partition coefficient (Wildman–Crippen LogP) is 0.742. The van der Waals surface area contributed by atoms with Crippen LogP contribution in [0.2, 0.25) is 0 Å². The minimum Gasteiger partial charge on any atom is -0.496 e. The number of aromatic nitrogens is 4. The highest BCUT2D eigenvalue weighted by molar-refractivity contribution is 5.46. The standard InChI is InChI=1S/C10H10N4O2/c1-15-9-4-7(14-6-11-12-13-14)2-3-8(9)10-5-16-10/h2-4,6,10H,5H2,1H3/t10-/m1/s1. The van der Waals surface area contributed by atoms with Crippen molar-refractivity contribution < 1.29 is 9.47 Å². The van der Waals surface area contributed by atoms with Crippen LogP contribution in [0.15, 0.2) is 24.5 Å². The molecule has 1 saturated heterocycles. The van der Waals surface area contributed by atoms with Crippen molar-refractivity contribution in [2.24, 2.45) is 0 Å². The first-order valence-corrected chi connectivity index (χ1v) is 4.91. The lowest BCUT2D eigenvalue weighted by atomic mass is 10.1. The van der Waals surface area contributed by atoms with Gasteiger partial charge in [0.15, 0.2) is 0 Å². The molecule has 1 atom stereocenters. The number of epoxide rings is 1. The molecule has 82 valence electrons. The fraction of sp³-hybridized carbons (Fsp3) is 0.300. The van der Waals surface area contributed by atoms with E-state index in [2.05, 4.69) is 15.5 Å². The average Bonchev–Trinajstić information content (AvgIpc) is 3.03. The second kappa shape index (κ2) is 3.57. The Balaban J connectivity index is 2.02. The molecule has 0 N–H and O–H groups in total. The molecule has 2 aromatic rings. The van der Waals surface area contributed by atoms with Crippen LogP contribution in [0.5, 0.6) is 5.75 Å². The van der Waals surface area contributed by atoms with Gasteiger partial charge in [0, 0.05) is 11.6 Å². The summed E-state index contributed by atoms with van der Waals surface area (Å²) in [5.74, 6) is 0.801. The Morgan fingerprint density at radius 2 is 2.38 bits per heavy atom. The lowest BCUT2D eigenvalue weighted by molar-refractivity contribution is 0.383. The van der Waals surface area contributed by atoms with Crippen molar-refractivity contribution in [1.82, 2.24) is 20.2 Å². The lowest BCUT2D eigenvalue weighted by Crippen LogP contribution is -1.98. The van der Waals surface area contributed by atoms with Gasteiger partial charge >= 0.3 is 0 Å². The Bertz CT molecular complexity index is 494. The molecule has 2 heterocycles. The molecule has 0 unspecified atom stereocenters. The van der Waals surface area contributed by atoms with Crippen molar-refractivity contribution in [3.05, 3.63) is 30.1 Å². The van der Waals surface area contributed by atoms with E-state index in [1.54, 1.807) is 18.1 Å². The summed E-state index contributed by atoms with van der Waals surface area (Å²) >= 11 is 0. The van der Waals surface area contributed by atoms with Gasteiger partial charge in [-0.2, -0.15) is 0 Å². The largest absolute Gasteiger partial charge is 0.496 e. The van der Waals surface area contributed by atoms with Gasteiger partial charge in [-0.3, -0.25) is 0 Å². The van der Waals surface area contributed by atoms with E-state index in [4.69, 9.17) is 9.47 Å². The normalized spacial score (nSPS) is 18.4. The van der Waals surface area contributed by atoms with Crippen LogP contribution in [0.4, 0.5) is 0 Å². The van der Waals surface area contributed by atoms with Crippen LogP contribution in [-0.2, 0) is 4.74 Å². The van der Waals surface area contributed by atoms with Gasteiger partial charge in [0.25, 0.3) is 0 Å². The van der Waals surface area contributed by atoms with Crippen molar-refractivity contribution >= 4 is 0 Å². The molecule has 1 aromatic carbocycles. The molecule has 0 amide bonds. The summed E-state index contributed by atoms with van der Waals surface area (Å²) < 4.78 is 12.1. The highest BCUT2D eigenvalue weighted by atomic mass is 16.6. The molecule has 0 radical (unpaired) electrons. The number of methoxy groups -OCH3 is 1. The van der Waals surface area contributed by atoms with Gasteiger partial charge in [-0.25, -0.2) is 4.68 Å². The van der Waals surface area contributed by atoms with E-state index in [9.17, 15) is 0 Å². The SMILES string of the molecule is COc1cc(-n2cnnn2)ccc1[C@H]1CO1. The summed E-state index contributed by atoms with van der Waals surface area (Å²) in [7, 11) is 1.64. The minimum absolute atomic E-state index is 0.179. The minimum atomic E-state index is 0.179. The van der Waals surface area contributed by atoms with Crippen LogP contribution < -0.4 is 4.74 Å². The Morgan fingerprint density at radius 1 is 1.50 bits per heavy atom. The zero-order valence-electron chi connectivity index (χ0n) is 8.70. The summed E-state index contributed by atoms with van der Waals surface area (Å²) in [6.07, 6.45) is 1.72. The fourth-order valence-corrected chi connectivity index (χ4v) is 1.62. The Labute approximate surface area is 91.8 Å².